The summed E-state index contributed by atoms with van der Waals surface area (Å²) in [6.45, 7) is 19.1. The van der Waals surface area contributed by atoms with Crippen LogP contribution in [0.4, 0.5) is 4.79 Å². The number of Topliss-reactive ketones (excluding diaryl/α,β-unsaturated/α-hetero) is 1. The van der Waals surface area contributed by atoms with E-state index >= 15 is 0 Å². The SMILES string of the molecule is CC(C)(C)OC(=O)[C@@H](NC(=O)N[C@@H]1C(=O)N2C[C@H]3[C@@H]([C@H]2C(=O)N[C@H](C(=O)C(N)=O)CCCCCCCCCC1(C)C)C3(C)C)C(C)(C)C. The van der Waals surface area contributed by atoms with Crippen molar-refractivity contribution >= 4 is 35.5 Å². The molecule has 0 radical (unpaired) electrons. The molecule has 0 aromatic carbocycles. The van der Waals surface area contributed by atoms with Crippen molar-refractivity contribution < 1.29 is 33.5 Å². The number of piperidine rings is 1. The number of carbonyl (C=O) groups excluding carboxylic acids is 6. The van der Waals surface area contributed by atoms with E-state index in [0.717, 1.165) is 38.5 Å². The number of carbonyl (C=O) groups is 6. The van der Waals surface area contributed by atoms with Crippen LogP contribution in [0, 0.1) is 28.1 Å². The molecule has 5 N–H and O–H groups in total. The molecular weight excluding hydrogens is 614 g/mol. The van der Waals surface area contributed by atoms with Gasteiger partial charge in [0.25, 0.3) is 5.91 Å². The number of hydrogen-bond acceptors (Lipinski definition) is 7. The Kier molecular flexibility index (Phi) is 12.1. The van der Waals surface area contributed by atoms with Crippen molar-refractivity contribution in [3.8, 4) is 0 Å². The first kappa shape index (κ1) is 39.3. The van der Waals surface area contributed by atoms with E-state index in [4.69, 9.17) is 10.5 Å². The summed E-state index contributed by atoms with van der Waals surface area (Å²) in [5.74, 6) is -3.52. The molecule has 0 aromatic heterocycles. The van der Waals surface area contributed by atoms with Crippen molar-refractivity contribution in [2.75, 3.05) is 6.54 Å². The number of urea groups is 1. The van der Waals surface area contributed by atoms with Crippen molar-refractivity contribution in [1.82, 2.24) is 20.9 Å². The van der Waals surface area contributed by atoms with Crippen molar-refractivity contribution in [3.05, 3.63) is 0 Å². The average molecular weight is 676 g/mol. The lowest BCUT2D eigenvalue weighted by Gasteiger charge is -2.40. The summed E-state index contributed by atoms with van der Waals surface area (Å²) in [4.78, 5) is 81.8. The Bertz CT molecular complexity index is 1250. The van der Waals surface area contributed by atoms with Crippen LogP contribution in [0.25, 0.3) is 0 Å². The molecule has 2 aliphatic heterocycles. The fraction of sp³-hybridized carbons (Fsp3) is 0.833. The van der Waals surface area contributed by atoms with Gasteiger partial charge in [-0.2, -0.15) is 0 Å². The second kappa shape index (κ2) is 14.7. The van der Waals surface area contributed by atoms with Crippen molar-refractivity contribution in [1.29, 1.82) is 0 Å². The first-order chi connectivity index (χ1) is 22.0. The zero-order valence-corrected chi connectivity index (χ0v) is 30.9. The molecule has 272 valence electrons. The van der Waals surface area contributed by atoms with Crippen LogP contribution in [-0.4, -0.2) is 76.7 Å². The Morgan fingerprint density at radius 2 is 1.48 bits per heavy atom. The number of primary amides is 1. The maximum absolute atomic E-state index is 14.6. The minimum Gasteiger partial charge on any atom is -0.458 e. The molecule has 12 heteroatoms. The maximum Gasteiger partial charge on any atom is 0.329 e. The lowest BCUT2D eigenvalue weighted by atomic mass is 9.78. The molecule has 3 fully saturated rings. The van der Waals surface area contributed by atoms with Gasteiger partial charge in [0.1, 0.15) is 23.7 Å². The highest BCUT2D eigenvalue weighted by molar-refractivity contribution is 6.37. The Morgan fingerprint density at radius 1 is 0.917 bits per heavy atom. The Hall–Kier alpha value is -3.18. The third kappa shape index (κ3) is 9.49. The first-order valence-electron chi connectivity index (χ1n) is 17.7. The molecule has 2 saturated heterocycles. The van der Waals surface area contributed by atoms with Gasteiger partial charge in [-0.1, -0.05) is 93.4 Å². The van der Waals surface area contributed by atoms with E-state index in [-0.39, 0.29) is 23.7 Å². The molecule has 0 spiro atoms. The largest absolute Gasteiger partial charge is 0.458 e. The highest BCUT2D eigenvalue weighted by atomic mass is 16.6. The van der Waals surface area contributed by atoms with Crippen LogP contribution in [-0.2, 0) is 28.7 Å². The number of nitrogens with one attached hydrogen (secondary N) is 3. The van der Waals surface area contributed by atoms with Crippen LogP contribution in [0.1, 0.15) is 127 Å². The van der Waals surface area contributed by atoms with Crippen LogP contribution in [0.2, 0.25) is 0 Å². The monoisotopic (exact) mass is 675 g/mol. The third-order valence-electron chi connectivity index (χ3n) is 10.5. The minimum atomic E-state index is -1.10. The van der Waals surface area contributed by atoms with Crippen LogP contribution in [0.3, 0.4) is 0 Å². The second-order valence-electron chi connectivity index (χ2n) is 17.6. The molecule has 0 bridgehead atoms. The molecule has 3 aliphatic rings. The van der Waals surface area contributed by atoms with Gasteiger partial charge in [0, 0.05) is 6.54 Å². The van der Waals surface area contributed by atoms with Crippen molar-refractivity contribution in [3.63, 3.8) is 0 Å². The van der Waals surface area contributed by atoms with Crippen LogP contribution in [0.5, 0.6) is 0 Å². The number of hydrogen-bond donors (Lipinski definition) is 4. The number of ether oxygens (including phenoxy) is 1. The van der Waals surface area contributed by atoms with E-state index in [9.17, 15) is 28.8 Å². The van der Waals surface area contributed by atoms with Crippen molar-refractivity contribution in [2.24, 2.45) is 33.8 Å². The van der Waals surface area contributed by atoms with Gasteiger partial charge < -0.3 is 31.3 Å². The van der Waals surface area contributed by atoms with E-state index < -0.39 is 76.1 Å². The van der Waals surface area contributed by atoms with Gasteiger partial charge in [0.2, 0.25) is 17.6 Å². The van der Waals surface area contributed by atoms with E-state index in [2.05, 4.69) is 29.8 Å². The van der Waals surface area contributed by atoms with Crippen LogP contribution in [0.15, 0.2) is 0 Å². The summed E-state index contributed by atoms with van der Waals surface area (Å²) >= 11 is 0. The molecule has 1 saturated carbocycles. The third-order valence-corrected chi connectivity index (χ3v) is 10.5. The number of fused-ring (bicyclic) bond motifs is 3. The zero-order valence-electron chi connectivity index (χ0n) is 30.9. The van der Waals surface area contributed by atoms with E-state index in [0.29, 0.717) is 19.4 Å². The number of ketones is 1. The summed E-state index contributed by atoms with van der Waals surface area (Å²) in [7, 11) is 0. The number of esters is 1. The van der Waals surface area contributed by atoms with E-state index in [1.165, 1.54) is 0 Å². The lowest BCUT2D eigenvalue weighted by Crippen LogP contribution is -2.63. The van der Waals surface area contributed by atoms with Gasteiger partial charge in [0.05, 0.1) is 6.04 Å². The summed E-state index contributed by atoms with van der Waals surface area (Å²) < 4.78 is 5.61. The fourth-order valence-corrected chi connectivity index (χ4v) is 7.52. The first-order valence-corrected chi connectivity index (χ1v) is 17.7. The molecule has 2 heterocycles. The Labute approximate surface area is 286 Å². The molecule has 6 atom stereocenters. The molecule has 1 aliphatic carbocycles. The average Bonchev–Trinajstić information content (AvgIpc) is 3.25. The molecule has 12 nitrogen and oxygen atoms in total. The van der Waals surface area contributed by atoms with E-state index in [1.54, 1.807) is 25.7 Å². The quantitative estimate of drug-likeness (QED) is 0.252. The number of nitrogens with two attached hydrogens (primary N) is 1. The highest BCUT2D eigenvalue weighted by Gasteiger charge is 2.70. The van der Waals surface area contributed by atoms with Gasteiger partial charge in [-0.05, 0) is 61.7 Å². The van der Waals surface area contributed by atoms with Gasteiger partial charge in [0.15, 0.2) is 0 Å². The van der Waals surface area contributed by atoms with Gasteiger partial charge in [-0.15, -0.1) is 0 Å². The van der Waals surface area contributed by atoms with Gasteiger partial charge in [-0.25, -0.2) is 9.59 Å². The topological polar surface area (TPSA) is 177 Å². The lowest BCUT2D eigenvalue weighted by molar-refractivity contribution is -0.160. The predicted molar refractivity (Wildman–Crippen MR) is 182 cm³/mol. The van der Waals surface area contributed by atoms with E-state index in [1.807, 2.05) is 34.6 Å². The van der Waals surface area contributed by atoms with Crippen molar-refractivity contribution in [2.45, 2.75) is 157 Å². The zero-order chi connectivity index (χ0) is 36.4. The normalized spacial score (nSPS) is 28.9. The van der Waals surface area contributed by atoms with Gasteiger partial charge in [-0.3, -0.25) is 19.2 Å². The Morgan fingerprint density at radius 3 is 2.02 bits per heavy atom. The molecule has 3 rings (SSSR count). The smallest absolute Gasteiger partial charge is 0.329 e. The highest BCUT2D eigenvalue weighted by Crippen LogP contribution is 2.65. The molecule has 5 amide bonds. The minimum absolute atomic E-state index is 0.0584. The maximum atomic E-state index is 14.6. The summed E-state index contributed by atoms with van der Waals surface area (Å²) in [5.41, 5.74) is 2.99. The Balaban J connectivity index is 1.97. The summed E-state index contributed by atoms with van der Waals surface area (Å²) in [5, 5.41) is 8.49. The molecule has 48 heavy (non-hydrogen) atoms. The number of rotatable bonds is 5. The summed E-state index contributed by atoms with van der Waals surface area (Å²) in [6, 6.07) is -4.66. The van der Waals surface area contributed by atoms with Crippen LogP contribution < -0.4 is 21.7 Å². The predicted octanol–water partition coefficient (Wildman–Crippen LogP) is 3.98. The fourth-order valence-electron chi connectivity index (χ4n) is 7.52. The summed E-state index contributed by atoms with van der Waals surface area (Å²) in [6.07, 6.45) is 7.20. The number of nitrogens with zero attached hydrogens (tertiary/aromatic N) is 1. The molecular formula is C36H61N5O7. The van der Waals surface area contributed by atoms with Gasteiger partial charge >= 0.3 is 12.0 Å². The molecule has 0 unspecified atom stereocenters. The van der Waals surface area contributed by atoms with Crippen LogP contribution >= 0.6 is 0 Å². The second-order valence-corrected chi connectivity index (χ2v) is 17.6. The standard InChI is InChI=1S/C36H61N5O7/c1-33(2,3)27(31(46)48-34(4,5)6)40-32(47)39-26-30(45)41-20-21-23(36(21,9)10)24(41)29(44)38-22(25(42)28(37)43)18-16-14-12-11-13-15-17-19-35(26,7)8/h21-24,26-27H,11-20H2,1-10H3,(H2,37,43)(H,38,44)(H2,39,40,47)/t21-,22-,23-,24-,26+,27+/m0/s1. The number of amides is 5. The molecule has 0 aromatic rings.